The molecule has 0 radical (unpaired) electrons. The lowest BCUT2D eigenvalue weighted by atomic mass is 9.89. The first-order valence-corrected chi connectivity index (χ1v) is 3.31. The molecule has 0 rings (SSSR count). The third kappa shape index (κ3) is 2.86. The van der Waals surface area contributed by atoms with E-state index >= 15 is 0 Å². The topological polar surface area (TPSA) is 55.8 Å². The van der Waals surface area contributed by atoms with Gasteiger partial charge in [0.2, 0.25) is 0 Å². The Balaban J connectivity index is 4.29. The highest BCUT2D eigenvalue weighted by atomic mass is 17.1. The number of rotatable bonds is 2. The van der Waals surface area contributed by atoms with E-state index in [9.17, 15) is 4.79 Å². The molecule has 0 aromatic heterocycles. The molecule has 4 heteroatoms. The third-order valence-electron chi connectivity index (χ3n) is 1.31. The maximum atomic E-state index is 10.9. The number of ether oxygens (including phenoxy) is 1. The Morgan fingerprint density at radius 3 is 2.00 bits per heavy atom. The molecule has 0 fully saturated rings. The first-order valence-electron chi connectivity index (χ1n) is 3.31. The molecule has 0 aromatic rings. The molecular formula is C7H14O4. The fraction of sp³-hybridized carbons (Fsp3) is 0.857. The summed E-state index contributed by atoms with van der Waals surface area (Å²) in [5, 5.41) is 8.36. The van der Waals surface area contributed by atoms with Gasteiger partial charge in [0.25, 0.3) is 0 Å². The van der Waals surface area contributed by atoms with Crippen molar-refractivity contribution in [3.05, 3.63) is 0 Å². The first kappa shape index (κ1) is 10.4. The van der Waals surface area contributed by atoms with Crippen molar-refractivity contribution in [2.24, 2.45) is 5.41 Å². The van der Waals surface area contributed by atoms with Crippen molar-refractivity contribution in [1.29, 1.82) is 0 Å². The van der Waals surface area contributed by atoms with Gasteiger partial charge in [-0.25, -0.2) is 9.68 Å². The van der Waals surface area contributed by atoms with Crippen molar-refractivity contribution >= 4 is 5.97 Å². The van der Waals surface area contributed by atoms with Crippen molar-refractivity contribution in [2.75, 3.05) is 7.11 Å². The second-order valence-electron chi connectivity index (χ2n) is 3.37. The molecule has 11 heavy (non-hydrogen) atoms. The molecule has 1 N–H and O–H groups in total. The number of hydrogen-bond donors (Lipinski definition) is 1. The summed E-state index contributed by atoms with van der Waals surface area (Å²) in [4.78, 5) is 14.9. The highest BCUT2D eigenvalue weighted by Gasteiger charge is 2.33. The molecule has 0 aromatic carbocycles. The molecule has 0 aliphatic heterocycles. The molecule has 0 bridgehead atoms. The number of carbonyl (C=O) groups is 1. The number of esters is 1. The van der Waals surface area contributed by atoms with E-state index in [1.165, 1.54) is 7.11 Å². The van der Waals surface area contributed by atoms with E-state index in [0.29, 0.717) is 0 Å². The lowest BCUT2D eigenvalue weighted by Gasteiger charge is -2.24. The standard InChI is InChI=1S/C7H14O4/c1-7(2,3)5(11-9)6(8)10-4/h5,9H,1-4H3. The van der Waals surface area contributed by atoms with Gasteiger partial charge < -0.3 is 4.74 Å². The summed E-state index contributed by atoms with van der Waals surface area (Å²) in [7, 11) is 1.25. The van der Waals surface area contributed by atoms with Crippen LogP contribution in [0.2, 0.25) is 0 Å². The minimum Gasteiger partial charge on any atom is -0.467 e. The van der Waals surface area contributed by atoms with Gasteiger partial charge >= 0.3 is 5.97 Å². The van der Waals surface area contributed by atoms with Crippen LogP contribution in [0.3, 0.4) is 0 Å². The predicted molar refractivity (Wildman–Crippen MR) is 39.0 cm³/mol. The molecule has 1 unspecified atom stereocenters. The highest BCUT2D eigenvalue weighted by Crippen LogP contribution is 2.22. The Labute approximate surface area is 66.0 Å². The van der Waals surface area contributed by atoms with Crippen molar-refractivity contribution < 1.29 is 19.7 Å². The summed E-state index contributed by atoms with van der Waals surface area (Å²) in [6.45, 7) is 5.31. The molecule has 4 nitrogen and oxygen atoms in total. The minimum atomic E-state index is -0.924. The summed E-state index contributed by atoms with van der Waals surface area (Å²) in [5.41, 5.74) is -0.457. The summed E-state index contributed by atoms with van der Waals surface area (Å²) < 4.78 is 4.41. The highest BCUT2D eigenvalue weighted by molar-refractivity contribution is 5.75. The van der Waals surface area contributed by atoms with E-state index in [1.807, 2.05) is 0 Å². The maximum Gasteiger partial charge on any atom is 0.338 e. The lowest BCUT2D eigenvalue weighted by molar-refractivity contribution is -0.295. The van der Waals surface area contributed by atoms with Gasteiger partial charge in [0.15, 0.2) is 6.10 Å². The van der Waals surface area contributed by atoms with Crippen LogP contribution >= 0.6 is 0 Å². The van der Waals surface area contributed by atoms with Crippen molar-refractivity contribution in [2.45, 2.75) is 26.9 Å². The average Bonchev–Trinajstić information content (AvgIpc) is 1.86. The van der Waals surface area contributed by atoms with Gasteiger partial charge in [0, 0.05) is 5.41 Å². The van der Waals surface area contributed by atoms with Crippen molar-refractivity contribution in [3.8, 4) is 0 Å². The van der Waals surface area contributed by atoms with Gasteiger partial charge in [-0.2, -0.15) is 0 Å². The SMILES string of the molecule is COC(=O)C(OO)C(C)(C)C. The fourth-order valence-corrected chi connectivity index (χ4v) is 0.662. The molecular weight excluding hydrogens is 148 g/mol. The average molecular weight is 162 g/mol. The quantitative estimate of drug-likeness (QED) is 0.375. The number of methoxy groups -OCH3 is 1. The zero-order valence-corrected chi connectivity index (χ0v) is 7.25. The number of hydrogen-bond acceptors (Lipinski definition) is 4. The van der Waals surface area contributed by atoms with Gasteiger partial charge in [-0.3, -0.25) is 5.26 Å². The normalized spacial score (nSPS) is 14.3. The van der Waals surface area contributed by atoms with Crippen molar-refractivity contribution in [1.82, 2.24) is 0 Å². The van der Waals surface area contributed by atoms with Gasteiger partial charge in [-0.15, -0.1) is 0 Å². The Morgan fingerprint density at radius 2 is 1.91 bits per heavy atom. The molecule has 0 spiro atoms. The second kappa shape index (κ2) is 3.69. The van der Waals surface area contributed by atoms with Crippen LogP contribution in [0.15, 0.2) is 0 Å². The Bertz CT molecular complexity index is 136. The summed E-state index contributed by atoms with van der Waals surface area (Å²) in [5.74, 6) is -0.569. The fourth-order valence-electron chi connectivity index (χ4n) is 0.662. The smallest absolute Gasteiger partial charge is 0.338 e. The van der Waals surface area contributed by atoms with E-state index in [4.69, 9.17) is 5.26 Å². The minimum absolute atomic E-state index is 0.457. The maximum absolute atomic E-state index is 10.9. The molecule has 0 amide bonds. The summed E-state index contributed by atoms with van der Waals surface area (Å²) >= 11 is 0. The van der Waals surface area contributed by atoms with Crippen LogP contribution in [0, 0.1) is 5.41 Å². The van der Waals surface area contributed by atoms with Crippen LogP contribution in [-0.2, 0) is 14.4 Å². The monoisotopic (exact) mass is 162 g/mol. The van der Waals surface area contributed by atoms with Crippen LogP contribution in [0.25, 0.3) is 0 Å². The van der Waals surface area contributed by atoms with Gasteiger partial charge in [-0.05, 0) is 0 Å². The number of carbonyl (C=O) groups excluding carboxylic acids is 1. The van der Waals surface area contributed by atoms with Gasteiger partial charge in [0.1, 0.15) is 0 Å². The lowest BCUT2D eigenvalue weighted by Crippen LogP contribution is -2.37. The molecule has 0 aliphatic carbocycles. The van der Waals surface area contributed by atoms with E-state index in [2.05, 4.69) is 9.62 Å². The molecule has 1 atom stereocenters. The van der Waals surface area contributed by atoms with Crippen LogP contribution < -0.4 is 0 Å². The Kier molecular flexibility index (Phi) is 3.48. The van der Waals surface area contributed by atoms with E-state index < -0.39 is 17.5 Å². The van der Waals surface area contributed by atoms with E-state index in [1.54, 1.807) is 20.8 Å². The van der Waals surface area contributed by atoms with Crippen LogP contribution in [-0.4, -0.2) is 24.4 Å². The van der Waals surface area contributed by atoms with Crippen LogP contribution in [0.1, 0.15) is 20.8 Å². The molecule has 0 aliphatic rings. The Morgan fingerprint density at radius 1 is 1.45 bits per heavy atom. The van der Waals surface area contributed by atoms with E-state index in [-0.39, 0.29) is 0 Å². The second-order valence-corrected chi connectivity index (χ2v) is 3.37. The summed E-state index contributed by atoms with van der Waals surface area (Å²) in [6, 6.07) is 0. The van der Waals surface area contributed by atoms with E-state index in [0.717, 1.165) is 0 Å². The molecule has 0 saturated carbocycles. The van der Waals surface area contributed by atoms with Crippen LogP contribution in [0.5, 0.6) is 0 Å². The zero-order valence-electron chi connectivity index (χ0n) is 7.25. The molecule has 66 valence electrons. The Hall–Kier alpha value is -0.610. The largest absolute Gasteiger partial charge is 0.467 e. The molecule has 0 heterocycles. The van der Waals surface area contributed by atoms with Crippen molar-refractivity contribution in [3.63, 3.8) is 0 Å². The first-order chi connectivity index (χ1) is 4.93. The predicted octanol–water partition coefficient (Wildman–Crippen LogP) is 1.06. The molecule has 0 saturated heterocycles. The van der Waals surface area contributed by atoms with Gasteiger partial charge in [0.05, 0.1) is 7.11 Å². The summed E-state index contributed by atoms with van der Waals surface area (Å²) in [6.07, 6.45) is -0.924. The van der Waals surface area contributed by atoms with Gasteiger partial charge in [-0.1, -0.05) is 20.8 Å². The third-order valence-corrected chi connectivity index (χ3v) is 1.31. The van der Waals surface area contributed by atoms with Crippen LogP contribution in [0.4, 0.5) is 0 Å². The zero-order chi connectivity index (χ0) is 9.07.